The van der Waals surface area contributed by atoms with Crippen LogP contribution in [0.1, 0.15) is 19.3 Å². The SMILES string of the molecule is Nc1cc2c(cc1NCC(=O)N1CCCCC1)OCCO2. The molecule has 0 aliphatic carbocycles. The number of ether oxygens (including phenoxy) is 2. The minimum Gasteiger partial charge on any atom is -0.486 e. The number of hydrogen-bond donors (Lipinski definition) is 2. The maximum atomic E-state index is 12.1. The van der Waals surface area contributed by atoms with Crippen LogP contribution in [-0.2, 0) is 4.79 Å². The molecule has 2 aliphatic heterocycles. The fourth-order valence-corrected chi connectivity index (χ4v) is 2.68. The van der Waals surface area contributed by atoms with E-state index in [2.05, 4.69) is 5.32 Å². The highest BCUT2D eigenvalue weighted by atomic mass is 16.6. The molecule has 0 unspecified atom stereocenters. The normalized spacial score (nSPS) is 17.4. The van der Waals surface area contributed by atoms with Gasteiger partial charge in [0.1, 0.15) is 13.2 Å². The van der Waals surface area contributed by atoms with Crippen LogP contribution in [0.25, 0.3) is 0 Å². The maximum Gasteiger partial charge on any atom is 0.241 e. The monoisotopic (exact) mass is 291 g/mol. The lowest BCUT2D eigenvalue weighted by Gasteiger charge is -2.27. The third-order valence-corrected chi connectivity index (χ3v) is 3.85. The standard InChI is InChI=1S/C15H21N3O3/c16-11-8-13-14(21-7-6-20-13)9-12(11)17-10-15(19)18-4-2-1-3-5-18/h8-9,17H,1-7,10,16H2. The van der Waals surface area contributed by atoms with Crippen molar-refractivity contribution in [2.45, 2.75) is 19.3 Å². The molecule has 0 spiro atoms. The van der Waals surface area contributed by atoms with Gasteiger partial charge in [-0.3, -0.25) is 4.79 Å². The number of piperidine rings is 1. The van der Waals surface area contributed by atoms with Gasteiger partial charge in [-0.05, 0) is 19.3 Å². The molecule has 1 aromatic carbocycles. The molecule has 1 fully saturated rings. The Morgan fingerprint density at radius 2 is 1.81 bits per heavy atom. The van der Waals surface area contributed by atoms with Gasteiger partial charge in [0, 0.05) is 25.2 Å². The molecule has 21 heavy (non-hydrogen) atoms. The minimum atomic E-state index is 0.115. The van der Waals surface area contributed by atoms with Gasteiger partial charge < -0.3 is 25.4 Å². The van der Waals surface area contributed by atoms with Gasteiger partial charge in [0.2, 0.25) is 5.91 Å². The van der Waals surface area contributed by atoms with Gasteiger partial charge in [-0.1, -0.05) is 0 Å². The summed E-state index contributed by atoms with van der Waals surface area (Å²) in [6.45, 7) is 3.04. The van der Waals surface area contributed by atoms with E-state index in [1.807, 2.05) is 4.90 Å². The number of nitrogens with zero attached hydrogens (tertiary/aromatic N) is 1. The lowest BCUT2D eigenvalue weighted by atomic mass is 10.1. The first-order valence-corrected chi connectivity index (χ1v) is 7.45. The van der Waals surface area contributed by atoms with Crippen LogP contribution in [0.2, 0.25) is 0 Å². The molecule has 1 saturated heterocycles. The van der Waals surface area contributed by atoms with Crippen LogP contribution in [0.15, 0.2) is 12.1 Å². The quantitative estimate of drug-likeness (QED) is 0.825. The molecule has 114 valence electrons. The number of hydrogen-bond acceptors (Lipinski definition) is 5. The number of benzene rings is 1. The van der Waals surface area contributed by atoms with E-state index in [9.17, 15) is 4.79 Å². The molecule has 0 bridgehead atoms. The second kappa shape index (κ2) is 6.11. The summed E-state index contributed by atoms with van der Waals surface area (Å²) in [5.41, 5.74) is 7.26. The fraction of sp³-hybridized carbons (Fsp3) is 0.533. The van der Waals surface area contributed by atoms with E-state index >= 15 is 0 Å². The van der Waals surface area contributed by atoms with Crippen molar-refractivity contribution in [1.82, 2.24) is 4.90 Å². The topological polar surface area (TPSA) is 76.8 Å². The first kappa shape index (κ1) is 13.9. The Labute approximate surface area is 124 Å². The predicted molar refractivity (Wildman–Crippen MR) is 80.8 cm³/mol. The summed E-state index contributed by atoms with van der Waals surface area (Å²) in [4.78, 5) is 14.0. The number of rotatable bonds is 3. The highest BCUT2D eigenvalue weighted by Gasteiger charge is 2.18. The van der Waals surface area contributed by atoms with Crippen molar-refractivity contribution >= 4 is 17.3 Å². The minimum absolute atomic E-state index is 0.115. The summed E-state index contributed by atoms with van der Waals surface area (Å²) in [6, 6.07) is 3.54. The van der Waals surface area contributed by atoms with Crippen molar-refractivity contribution in [2.75, 3.05) is 43.9 Å². The number of fused-ring (bicyclic) bond motifs is 1. The summed E-state index contributed by atoms with van der Waals surface area (Å²) < 4.78 is 11.0. The average Bonchev–Trinajstić information content (AvgIpc) is 2.53. The molecular formula is C15H21N3O3. The fourth-order valence-electron chi connectivity index (χ4n) is 2.68. The molecular weight excluding hydrogens is 270 g/mol. The number of nitrogens with one attached hydrogen (secondary N) is 1. The van der Waals surface area contributed by atoms with Crippen LogP contribution in [0.3, 0.4) is 0 Å². The van der Waals surface area contributed by atoms with Crippen LogP contribution >= 0.6 is 0 Å². The Balaban J connectivity index is 1.63. The number of amides is 1. The number of likely N-dealkylation sites (tertiary alicyclic amines) is 1. The number of carbonyl (C=O) groups excluding carboxylic acids is 1. The zero-order valence-corrected chi connectivity index (χ0v) is 12.1. The Morgan fingerprint density at radius 1 is 1.14 bits per heavy atom. The van der Waals surface area contributed by atoms with Crippen LogP contribution < -0.4 is 20.5 Å². The lowest BCUT2D eigenvalue weighted by Crippen LogP contribution is -2.39. The van der Waals surface area contributed by atoms with Crippen molar-refractivity contribution in [3.8, 4) is 11.5 Å². The first-order valence-electron chi connectivity index (χ1n) is 7.45. The molecule has 6 nitrogen and oxygen atoms in total. The van der Waals surface area contributed by atoms with E-state index in [1.165, 1.54) is 6.42 Å². The van der Waals surface area contributed by atoms with Gasteiger partial charge in [0.15, 0.2) is 11.5 Å². The molecule has 0 saturated carbocycles. The molecule has 2 aliphatic rings. The molecule has 0 radical (unpaired) electrons. The summed E-state index contributed by atoms with van der Waals surface area (Å²) in [5.74, 6) is 1.44. The lowest BCUT2D eigenvalue weighted by molar-refractivity contribution is -0.130. The molecule has 3 rings (SSSR count). The van der Waals surface area contributed by atoms with Crippen molar-refractivity contribution in [1.29, 1.82) is 0 Å². The van der Waals surface area contributed by atoms with Gasteiger partial charge >= 0.3 is 0 Å². The predicted octanol–water partition coefficient (Wildman–Crippen LogP) is 1.46. The van der Waals surface area contributed by atoms with Crippen molar-refractivity contribution in [2.24, 2.45) is 0 Å². The highest BCUT2D eigenvalue weighted by molar-refractivity contribution is 5.83. The van der Waals surface area contributed by atoms with Gasteiger partial charge in [0.25, 0.3) is 0 Å². The van der Waals surface area contributed by atoms with Gasteiger partial charge in [-0.2, -0.15) is 0 Å². The molecule has 0 atom stereocenters. The van der Waals surface area contributed by atoms with Crippen molar-refractivity contribution in [3.05, 3.63) is 12.1 Å². The summed E-state index contributed by atoms with van der Waals surface area (Å²) in [7, 11) is 0. The van der Waals surface area contributed by atoms with Crippen LogP contribution in [0.5, 0.6) is 11.5 Å². The Morgan fingerprint density at radius 3 is 2.52 bits per heavy atom. The Kier molecular flexibility index (Phi) is 4.03. The third-order valence-electron chi connectivity index (χ3n) is 3.85. The first-order chi connectivity index (χ1) is 10.2. The number of nitrogen functional groups attached to an aromatic ring is 1. The Bertz CT molecular complexity index is 527. The van der Waals surface area contributed by atoms with Crippen molar-refractivity contribution in [3.63, 3.8) is 0 Å². The van der Waals surface area contributed by atoms with E-state index in [0.717, 1.165) is 25.9 Å². The van der Waals surface area contributed by atoms with Crippen LogP contribution in [-0.4, -0.2) is 43.7 Å². The molecule has 1 amide bonds. The molecule has 1 aromatic rings. The summed E-state index contributed by atoms with van der Waals surface area (Å²) >= 11 is 0. The van der Waals surface area contributed by atoms with E-state index in [0.29, 0.717) is 36.1 Å². The molecule has 3 N–H and O–H groups in total. The largest absolute Gasteiger partial charge is 0.486 e. The average molecular weight is 291 g/mol. The van der Waals surface area contributed by atoms with E-state index < -0.39 is 0 Å². The van der Waals surface area contributed by atoms with Crippen molar-refractivity contribution < 1.29 is 14.3 Å². The smallest absolute Gasteiger partial charge is 0.241 e. The van der Waals surface area contributed by atoms with Crippen LogP contribution in [0, 0.1) is 0 Å². The number of anilines is 2. The van der Waals surface area contributed by atoms with Gasteiger partial charge in [-0.15, -0.1) is 0 Å². The molecule has 0 aromatic heterocycles. The molecule has 2 heterocycles. The van der Waals surface area contributed by atoms with Gasteiger partial charge in [-0.25, -0.2) is 0 Å². The van der Waals surface area contributed by atoms with E-state index in [4.69, 9.17) is 15.2 Å². The summed E-state index contributed by atoms with van der Waals surface area (Å²) in [5, 5.41) is 3.11. The van der Waals surface area contributed by atoms with E-state index in [-0.39, 0.29) is 12.5 Å². The second-order valence-electron chi connectivity index (χ2n) is 5.38. The number of nitrogens with two attached hydrogens (primary N) is 1. The molecule has 6 heteroatoms. The highest BCUT2D eigenvalue weighted by Crippen LogP contribution is 2.36. The van der Waals surface area contributed by atoms with Gasteiger partial charge in [0.05, 0.1) is 17.9 Å². The third kappa shape index (κ3) is 3.15. The Hall–Kier alpha value is -2.11. The number of carbonyl (C=O) groups is 1. The van der Waals surface area contributed by atoms with Crippen LogP contribution in [0.4, 0.5) is 11.4 Å². The zero-order valence-electron chi connectivity index (χ0n) is 12.1. The zero-order chi connectivity index (χ0) is 14.7. The van der Waals surface area contributed by atoms with E-state index in [1.54, 1.807) is 12.1 Å². The second-order valence-corrected chi connectivity index (χ2v) is 5.38. The maximum absolute atomic E-state index is 12.1. The summed E-state index contributed by atoms with van der Waals surface area (Å²) in [6.07, 6.45) is 3.40.